The average molecular weight is 269 g/mol. The quantitative estimate of drug-likeness (QED) is 0.651. The summed E-state index contributed by atoms with van der Waals surface area (Å²) in [7, 11) is 0. The predicted octanol–water partition coefficient (Wildman–Crippen LogP) is 1.47. The van der Waals surface area contributed by atoms with Crippen molar-refractivity contribution in [1.29, 1.82) is 0 Å². The largest absolute Gasteiger partial charge is 0.493 e. The fourth-order valence-corrected chi connectivity index (χ4v) is 1.90. The molecule has 0 saturated carbocycles. The van der Waals surface area contributed by atoms with Gasteiger partial charge in [0.15, 0.2) is 0 Å². The molecule has 0 saturated heterocycles. The topological polar surface area (TPSA) is 104 Å². The summed E-state index contributed by atoms with van der Waals surface area (Å²) in [4.78, 5) is 26.1. The van der Waals surface area contributed by atoms with Crippen LogP contribution in [0.5, 0.6) is 5.88 Å². The van der Waals surface area contributed by atoms with E-state index in [0.717, 1.165) is 22.7 Å². The van der Waals surface area contributed by atoms with E-state index in [-0.39, 0.29) is 11.8 Å². The molecule has 0 aliphatic rings. The van der Waals surface area contributed by atoms with E-state index in [1.165, 1.54) is 0 Å². The summed E-state index contributed by atoms with van der Waals surface area (Å²) in [6.45, 7) is 1.87. The Bertz CT molecular complexity index is 844. The van der Waals surface area contributed by atoms with E-state index in [0.29, 0.717) is 5.95 Å². The molecule has 2 aromatic heterocycles. The molecule has 3 aromatic rings. The van der Waals surface area contributed by atoms with Crippen molar-refractivity contribution in [3.8, 4) is 5.88 Å². The molecule has 3 rings (SSSR count). The van der Waals surface area contributed by atoms with Gasteiger partial charge in [-0.3, -0.25) is 15.1 Å². The Morgan fingerprint density at radius 3 is 2.80 bits per heavy atom. The third-order valence-corrected chi connectivity index (χ3v) is 2.75. The number of fused-ring (bicyclic) bond motifs is 1. The van der Waals surface area contributed by atoms with Gasteiger partial charge in [-0.2, -0.15) is 4.98 Å². The van der Waals surface area contributed by atoms with Crippen molar-refractivity contribution in [2.24, 2.45) is 0 Å². The maximum atomic E-state index is 11.2. The number of nitrogens with zero attached hydrogens (tertiary/aromatic N) is 3. The molecule has 0 radical (unpaired) electrons. The van der Waals surface area contributed by atoms with Crippen molar-refractivity contribution in [2.75, 3.05) is 5.32 Å². The van der Waals surface area contributed by atoms with Crippen molar-refractivity contribution < 1.29 is 5.11 Å². The van der Waals surface area contributed by atoms with Crippen LogP contribution in [0, 0.1) is 6.92 Å². The maximum Gasteiger partial charge on any atom is 0.256 e. The second-order valence-electron chi connectivity index (χ2n) is 4.23. The number of para-hydroxylation sites is 1. The summed E-state index contributed by atoms with van der Waals surface area (Å²) in [6, 6.07) is 8.58. The summed E-state index contributed by atoms with van der Waals surface area (Å²) in [6.07, 6.45) is 0. The minimum atomic E-state index is -0.461. The van der Waals surface area contributed by atoms with E-state index < -0.39 is 5.56 Å². The zero-order chi connectivity index (χ0) is 14.1. The van der Waals surface area contributed by atoms with Gasteiger partial charge in [-0.15, -0.1) is 0 Å². The van der Waals surface area contributed by atoms with Gasteiger partial charge in [0.1, 0.15) is 0 Å². The molecular formula is C13H11N5O2. The Morgan fingerprint density at radius 2 is 2.00 bits per heavy atom. The molecule has 0 aliphatic heterocycles. The Balaban J connectivity index is 2.04. The second kappa shape index (κ2) is 4.61. The molecule has 2 heterocycles. The zero-order valence-electron chi connectivity index (χ0n) is 10.6. The summed E-state index contributed by atoms with van der Waals surface area (Å²) in [5.41, 5.74) is 1.13. The van der Waals surface area contributed by atoms with Gasteiger partial charge in [0.2, 0.25) is 17.8 Å². The maximum absolute atomic E-state index is 11.2. The summed E-state index contributed by atoms with van der Waals surface area (Å²) >= 11 is 0. The minimum Gasteiger partial charge on any atom is -0.493 e. The summed E-state index contributed by atoms with van der Waals surface area (Å²) in [5.74, 6) is 0.0217. The lowest BCUT2D eigenvalue weighted by molar-refractivity contribution is 0.452. The molecular weight excluding hydrogens is 258 g/mol. The fourth-order valence-electron chi connectivity index (χ4n) is 1.90. The van der Waals surface area contributed by atoms with Gasteiger partial charge in [0.05, 0.1) is 17.3 Å². The van der Waals surface area contributed by atoms with Crippen LogP contribution in [0.1, 0.15) is 5.69 Å². The number of aromatic hydroxyl groups is 1. The van der Waals surface area contributed by atoms with Crippen LogP contribution in [0.15, 0.2) is 35.1 Å². The van der Waals surface area contributed by atoms with Crippen molar-refractivity contribution in [3.05, 3.63) is 46.4 Å². The number of rotatable bonds is 2. The average Bonchev–Trinajstić information content (AvgIpc) is 2.37. The SMILES string of the molecule is Cc1nc(Nc2nc(O)cc(=O)[nH]2)nc2ccccc12. The van der Waals surface area contributed by atoms with Gasteiger partial charge in [0, 0.05) is 5.39 Å². The van der Waals surface area contributed by atoms with Crippen LogP contribution in [-0.4, -0.2) is 25.0 Å². The first-order valence-corrected chi connectivity index (χ1v) is 5.92. The third-order valence-electron chi connectivity index (χ3n) is 2.75. The van der Waals surface area contributed by atoms with Crippen molar-refractivity contribution in [1.82, 2.24) is 19.9 Å². The normalized spacial score (nSPS) is 10.7. The highest BCUT2D eigenvalue weighted by Crippen LogP contribution is 2.18. The highest BCUT2D eigenvalue weighted by molar-refractivity contribution is 5.81. The molecule has 1 aromatic carbocycles. The number of hydrogen-bond acceptors (Lipinski definition) is 6. The Morgan fingerprint density at radius 1 is 1.20 bits per heavy atom. The molecule has 7 nitrogen and oxygen atoms in total. The molecule has 0 fully saturated rings. The summed E-state index contributed by atoms with van der Waals surface area (Å²) in [5, 5.41) is 13.0. The molecule has 0 spiro atoms. The van der Waals surface area contributed by atoms with Crippen molar-refractivity contribution in [3.63, 3.8) is 0 Å². The van der Waals surface area contributed by atoms with Crippen molar-refractivity contribution in [2.45, 2.75) is 6.92 Å². The van der Waals surface area contributed by atoms with E-state index in [1.807, 2.05) is 31.2 Å². The lowest BCUT2D eigenvalue weighted by Gasteiger charge is -2.07. The first-order chi connectivity index (χ1) is 9.61. The number of benzene rings is 1. The molecule has 100 valence electrons. The number of hydrogen-bond donors (Lipinski definition) is 3. The smallest absolute Gasteiger partial charge is 0.256 e. The Hall–Kier alpha value is -2.96. The molecule has 0 bridgehead atoms. The molecule has 3 N–H and O–H groups in total. The van der Waals surface area contributed by atoms with Gasteiger partial charge in [-0.1, -0.05) is 18.2 Å². The molecule has 0 unspecified atom stereocenters. The van der Waals surface area contributed by atoms with Gasteiger partial charge in [-0.05, 0) is 13.0 Å². The standard InChI is InChI=1S/C13H11N5O2/c1-7-8-4-2-3-5-9(8)15-12(14-7)18-13-16-10(19)6-11(20)17-13/h2-6H,1H3,(H3,14,15,16,17,18,19,20). The molecule has 7 heteroatoms. The number of aryl methyl sites for hydroxylation is 1. The van der Waals surface area contributed by atoms with Crippen LogP contribution < -0.4 is 10.9 Å². The lowest BCUT2D eigenvalue weighted by Crippen LogP contribution is -2.10. The van der Waals surface area contributed by atoms with Gasteiger partial charge < -0.3 is 5.11 Å². The molecule has 0 aliphatic carbocycles. The van der Waals surface area contributed by atoms with E-state index in [9.17, 15) is 9.90 Å². The summed E-state index contributed by atoms with van der Waals surface area (Å²) < 4.78 is 0. The molecule has 20 heavy (non-hydrogen) atoms. The third kappa shape index (κ3) is 2.28. The van der Waals surface area contributed by atoms with Gasteiger partial charge in [0.25, 0.3) is 5.56 Å². The van der Waals surface area contributed by atoms with E-state index in [2.05, 4.69) is 25.3 Å². The zero-order valence-corrected chi connectivity index (χ0v) is 10.6. The number of aromatic amines is 1. The van der Waals surface area contributed by atoms with Crippen LogP contribution in [0.25, 0.3) is 10.9 Å². The number of nitrogens with one attached hydrogen (secondary N) is 2. The Kier molecular flexibility index (Phi) is 2.79. The number of anilines is 2. The fraction of sp³-hybridized carbons (Fsp3) is 0.0769. The minimum absolute atomic E-state index is 0.0877. The van der Waals surface area contributed by atoms with Gasteiger partial charge in [-0.25, -0.2) is 9.97 Å². The van der Waals surface area contributed by atoms with Crippen LogP contribution in [-0.2, 0) is 0 Å². The van der Waals surface area contributed by atoms with Crippen LogP contribution in [0.3, 0.4) is 0 Å². The van der Waals surface area contributed by atoms with Crippen LogP contribution in [0.4, 0.5) is 11.9 Å². The molecule has 0 amide bonds. The van der Waals surface area contributed by atoms with Crippen molar-refractivity contribution >= 4 is 22.8 Å². The van der Waals surface area contributed by atoms with E-state index >= 15 is 0 Å². The van der Waals surface area contributed by atoms with Crippen LogP contribution >= 0.6 is 0 Å². The number of aromatic nitrogens is 4. The lowest BCUT2D eigenvalue weighted by atomic mass is 10.2. The van der Waals surface area contributed by atoms with Gasteiger partial charge >= 0.3 is 0 Å². The number of H-pyrrole nitrogens is 1. The first kappa shape index (κ1) is 12.1. The molecule has 0 atom stereocenters. The van der Waals surface area contributed by atoms with Crippen LogP contribution in [0.2, 0.25) is 0 Å². The first-order valence-electron chi connectivity index (χ1n) is 5.92. The second-order valence-corrected chi connectivity index (χ2v) is 4.23. The van der Waals surface area contributed by atoms with E-state index in [1.54, 1.807) is 0 Å². The predicted molar refractivity (Wildman–Crippen MR) is 74.1 cm³/mol. The Labute approximate surface area is 113 Å². The highest BCUT2D eigenvalue weighted by atomic mass is 16.3. The van der Waals surface area contributed by atoms with E-state index in [4.69, 9.17) is 0 Å². The monoisotopic (exact) mass is 269 g/mol. The highest BCUT2D eigenvalue weighted by Gasteiger charge is 2.06.